The van der Waals surface area contributed by atoms with E-state index in [0.717, 1.165) is 61.7 Å². The van der Waals surface area contributed by atoms with Gasteiger partial charge in [0.25, 0.3) is 0 Å². The summed E-state index contributed by atoms with van der Waals surface area (Å²) < 4.78 is 1.99. The van der Waals surface area contributed by atoms with Gasteiger partial charge in [0, 0.05) is 37.4 Å². The second-order valence-electron chi connectivity index (χ2n) is 8.34. The Morgan fingerprint density at radius 2 is 1.88 bits per heavy atom. The Labute approximate surface area is 190 Å². The molecule has 0 unspecified atom stereocenters. The molecular weight excluding hydrogens is 412 g/mol. The number of anilines is 1. The number of hydrogen-bond donors (Lipinski definition) is 2. The molecule has 4 heterocycles. The molecule has 0 amide bonds. The number of aromatic amines is 2. The van der Waals surface area contributed by atoms with Crippen molar-refractivity contribution in [2.24, 2.45) is 0 Å². The number of pyridine rings is 1. The molecule has 0 saturated heterocycles. The van der Waals surface area contributed by atoms with E-state index < -0.39 is 0 Å². The monoisotopic (exact) mass is 434 g/mol. The number of imidazole rings is 2. The fourth-order valence-electron chi connectivity index (χ4n) is 4.09. The number of nitrogens with zero attached hydrogens (tertiary/aromatic N) is 6. The van der Waals surface area contributed by atoms with Gasteiger partial charge in [-0.15, -0.1) is 0 Å². The number of aromatic nitrogens is 7. The number of benzene rings is 2. The smallest absolute Gasteiger partial charge is 0.159 e. The number of para-hydroxylation sites is 1. The molecule has 8 nitrogen and oxygen atoms in total. The minimum absolute atomic E-state index is 0.720. The van der Waals surface area contributed by atoms with E-state index in [1.807, 2.05) is 79.7 Å². The quantitative estimate of drug-likeness (QED) is 0.419. The average molecular weight is 435 g/mol. The summed E-state index contributed by atoms with van der Waals surface area (Å²) in [5.74, 6) is 0.720. The maximum Gasteiger partial charge on any atom is 0.159 e. The molecular formula is C25H22N8. The van der Waals surface area contributed by atoms with Crippen molar-refractivity contribution < 1.29 is 0 Å². The van der Waals surface area contributed by atoms with E-state index in [2.05, 4.69) is 43.3 Å². The third-order valence-corrected chi connectivity index (χ3v) is 5.84. The predicted molar refractivity (Wildman–Crippen MR) is 131 cm³/mol. The zero-order valence-electron chi connectivity index (χ0n) is 18.5. The topological polar surface area (TPSA) is 91.3 Å². The summed E-state index contributed by atoms with van der Waals surface area (Å²) in [6, 6.07) is 14.5. The number of hydrogen-bond acceptors (Lipinski definition) is 5. The molecule has 33 heavy (non-hydrogen) atoms. The van der Waals surface area contributed by atoms with Crippen molar-refractivity contribution in [1.82, 2.24) is 34.7 Å². The van der Waals surface area contributed by atoms with Gasteiger partial charge in [0.05, 0.1) is 40.6 Å². The number of fused-ring (bicyclic) bond motifs is 2. The molecule has 162 valence electrons. The lowest BCUT2D eigenvalue weighted by Gasteiger charge is -2.13. The molecule has 0 spiro atoms. The molecule has 0 atom stereocenters. The van der Waals surface area contributed by atoms with E-state index in [1.165, 1.54) is 0 Å². The van der Waals surface area contributed by atoms with Crippen LogP contribution in [-0.2, 0) is 0 Å². The molecule has 0 bridgehead atoms. The van der Waals surface area contributed by atoms with Gasteiger partial charge in [-0.2, -0.15) is 5.10 Å². The highest BCUT2D eigenvalue weighted by atomic mass is 15.1. The first-order valence-electron chi connectivity index (χ1n) is 10.7. The van der Waals surface area contributed by atoms with Crippen LogP contribution in [0.2, 0.25) is 0 Å². The number of rotatable bonds is 4. The van der Waals surface area contributed by atoms with Gasteiger partial charge in [-0.3, -0.25) is 10.1 Å². The van der Waals surface area contributed by atoms with Crippen LogP contribution in [0.15, 0.2) is 67.4 Å². The first kappa shape index (κ1) is 19.2. The van der Waals surface area contributed by atoms with Crippen LogP contribution in [0.1, 0.15) is 5.69 Å². The van der Waals surface area contributed by atoms with Gasteiger partial charge in [0.1, 0.15) is 11.2 Å². The van der Waals surface area contributed by atoms with Gasteiger partial charge in [0.15, 0.2) is 5.82 Å². The molecule has 0 saturated carbocycles. The Bertz CT molecular complexity index is 1620. The summed E-state index contributed by atoms with van der Waals surface area (Å²) >= 11 is 0. The fraction of sp³-hybridized carbons (Fsp3) is 0.120. The van der Waals surface area contributed by atoms with Crippen molar-refractivity contribution in [3.63, 3.8) is 0 Å². The Morgan fingerprint density at radius 3 is 2.70 bits per heavy atom. The van der Waals surface area contributed by atoms with Crippen molar-refractivity contribution in [3.05, 3.63) is 73.1 Å². The van der Waals surface area contributed by atoms with Crippen LogP contribution in [-0.4, -0.2) is 48.8 Å². The molecule has 0 aliphatic heterocycles. The van der Waals surface area contributed by atoms with Gasteiger partial charge in [-0.1, -0.05) is 12.1 Å². The number of nitrogens with one attached hydrogen (secondary N) is 2. The zero-order valence-corrected chi connectivity index (χ0v) is 18.5. The fourth-order valence-corrected chi connectivity index (χ4v) is 4.09. The summed E-state index contributed by atoms with van der Waals surface area (Å²) in [6.45, 7) is 1.98. The Hall–Kier alpha value is -4.46. The van der Waals surface area contributed by atoms with Gasteiger partial charge in [-0.05, 0) is 42.8 Å². The highest BCUT2D eigenvalue weighted by molar-refractivity contribution is 5.96. The number of aryl methyl sites for hydroxylation is 1. The molecule has 8 heteroatoms. The Kier molecular flexibility index (Phi) is 4.26. The first-order chi connectivity index (χ1) is 16.1. The molecule has 4 aromatic heterocycles. The van der Waals surface area contributed by atoms with Gasteiger partial charge in [0.2, 0.25) is 0 Å². The van der Waals surface area contributed by atoms with Crippen molar-refractivity contribution >= 4 is 27.6 Å². The van der Waals surface area contributed by atoms with Crippen LogP contribution in [0.25, 0.3) is 50.3 Å². The van der Waals surface area contributed by atoms with Crippen LogP contribution < -0.4 is 4.90 Å². The van der Waals surface area contributed by atoms with Crippen LogP contribution in [0.5, 0.6) is 0 Å². The summed E-state index contributed by atoms with van der Waals surface area (Å²) in [5.41, 5.74) is 8.68. The lowest BCUT2D eigenvalue weighted by molar-refractivity contribution is 1.06. The van der Waals surface area contributed by atoms with E-state index in [9.17, 15) is 0 Å². The Morgan fingerprint density at radius 1 is 0.970 bits per heavy atom. The molecule has 2 N–H and O–H groups in total. The predicted octanol–water partition coefficient (Wildman–Crippen LogP) is 4.73. The van der Waals surface area contributed by atoms with Crippen molar-refractivity contribution in [3.8, 4) is 28.3 Å². The standard InChI is InChI=1S/C25H22N8/c1-15-13-33(14-27-15)22-6-4-5-21-24(22)29-25(28-21)23-19-10-16(7-8-20(19)30-31-23)17-9-18(32(2)3)12-26-11-17/h4-14H,1-3H3,(H,28,29)(H,30,31). The van der Waals surface area contributed by atoms with E-state index >= 15 is 0 Å². The average Bonchev–Trinajstić information content (AvgIpc) is 3.55. The number of H-pyrrole nitrogens is 2. The minimum atomic E-state index is 0.720. The van der Waals surface area contributed by atoms with Gasteiger partial charge in [-0.25, -0.2) is 9.97 Å². The molecule has 6 aromatic rings. The van der Waals surface area contributed by atoms with Crippen LogP contribution >= 0.6 is 0 Å². The largest absolute Gasteiger partial charge is 0.376 e. The van der Waals surface area contributed by atoms with Crippen molar-refractivity contribution in [2.45, 2.75) is 6.92 Å². The maximum absolute atomic E-state index is 4.92. The van der Waals surface area contributed by atoms with Gasteiger partial charge >= 0.3 is 0 Å². The van der Waals surface area contributed by atoms with Crippen molar-refractivity contribution in [2.75, 3.05) is 19.0 Å². The van der Waals surface area contributed by atoms with Crippen LogP contribution in [0.4, 0.5) is 5.69 Å². The molecule has 6 rings (SSSR count). The summed E-state index contributed by atoms with van der Waals surface area (Å²) in [4.78, 5) is 19.2. The third kappa shape index (κ3) is 3.23. The highest BCUT2D eigenvalue weighted by Crippen LogP contribution is 2.32. The molecule has 0 aliphatic carbocycles. The molecule has 2 aromatic carbocycles. The minimum Gasteiger partial charge on any atom is -0.376 e. The third-order valence-electron chi connectivity index (χ3n) is 5.84. The van der Waals surface area contributed by atoms with Crippen LogP contribution in [0, 0.1) is 6.92 Å². The van der Waals surface area contributed by atoms with Crippen LogP contribution in [0.3, 0.4) is 0 Å². The van der Waals surface area contributed by atoms with E-state index in [4.69, 9.17) is 4.98 Å². The summed E-state index contributed by atoms with van der Waals surface area (Å²) in [6.07, 6.45) is 7.55. The lowest BCUT2D eigenvalue weighted by Crippen LogP contribution is -2.08. The van der Waals surface area contributed by atoms with E-state index in [1.54, 1.807) is 0 Å². The zero-order chi connectivity index (χ0) is 22.5. The molecule has 0 aliphatic rings. The normalized spacial score (nSPS) is 11.5. The van der Waals surface area contributed by atoms with Crippen molar-refractivity contribution in [1.29, 1.82) is 0 Å². The van der Waals surface area contributed by atoms with E-state index in [-0.39, 0.29) is 0 Å². The first-order valence-corrected chi connectivity index (χ1v) is 10.7. The molecule has 0 radical (unpaired) electrons. The second-order valence-corrected chi connectivity index (χ2v) is 8.34. The second kappa shape index (κ2) is 7.30. The van der Waals surface area contributed by atoms with E-state index in [0.29, 0.717) is 0 Å². The SMILES string of the molecule is Cc1cn(-c2cccc3[nH]c(-c4n[nH]c5ccc(-c6cncc(N(C)C)c6)cc45)nc23)cn1. The Balaban J connectivity index is 1.48. The summed E-state index contributed by atoms with van der Waals surface area (Å²) in [5, 5.41) is 8.73. The highest BCUT2D eigenvalue weighted by Gasteiger charge is 2.16. The molecule has 0 fully saturated rings. The lowest BCUT2D eigenvalue weighted by atomic mass is 10.0. The maximum atomic E-state index is 4.92. The summed E-state index contributed by atoms with van der Waals surface area (Å²) in [7, 11) is 4.03. The van der Waals surface area contributed by atoms with Gasteiger partial charge < -0.3 is 14.5 Å².